The molecule has 3 heteroatoms. The third kappa shape index (κ3) is 3.82. The van der Waals surface area contributed by atoms with E-state index in [4.69, 9.17) is 5.73 Å². The number of carbonyl (C=O) groups excluding carboxylic acids is 1. The summed E-state index contributed by atoms with van der Waals surface area (Å²) in [5, 5.41) is 0. The second-order valence-electron chi connectivity index (χ2n) is 6.01. The molecule has 88 valence electrons. The van der Waals surface area contributed by atoms with Crippen LogP contribution in [0.2, 0.25) is 0 Å². The largest absolute Gasteiger partial charge is 0.341 e. The van der Waals surface area contributed by atoms with Gasteiger partial charge in [-0.1, -0.05) is 27.7 Å². The van der Waals surface area contributed by atoms with Crippen molar-refractivity contribution in [2.24, 2.45) is 17.1 Å². The summed E-state index contributed by atoms with van der Waals surface area (Å²) in [5.41, 5.74) is 6.05. The van der Waals surface area contributed by atoms with Gasteiger partial charge in [0, 0.05) is 25.6 Å². The molecule has 1 rings (SSSR count). The number of piperidine rings is 1. The molecule has 0 saturated carbocycles. The van der Waals surface area contributed by atoms with Crippen molar-refractivity contribution >= 4 is 5.91 Å². The Morgan fingerprint density at radius 1 is 1.47 bits per heavy atom. The average Bonchev–Trinajstić information content (AvgIpc) is 2.06. The molecule has 15 heavy (non-hydrogen) atoms. The van der Waals surface area contributed by atoms with Gasteiger partial charge in [-0.05, 0) is 17.8 Å². The molecule has 2 unspecified atom stereocenters. The van der Waals surface area contributed by atoms with Crippen LogP contribution in [0.25, 0.3) is 0 Å². The maximum Gasteiger partial charge on any atom is 0.223 e. The van der Waals surface area contributed by atoms with Crippen molar-refractivity contribution < 1.29 is 4.79 Å². The quantitative estimate of drug-likeness (QED) is 0.718. The SMILES string of the molecule is CC1CCN(C(=O)CC(C)(C)C)CC1N. The first-order valence-electron chi connectivity index (χ1n) is 5.83. The second-order valence-corrected chi connectivity index (χ2v) is 6.01. The van der Waals surface area contributed by atoms with Crippen LogP contribution in [0.3, 0.4) is 0 Å². The highest BCUT2D eigenvalue weighted by Gasteiger charge is 2.28. The molecule has 1 saturated heterocycles. The van der Waals surface area contributed by atoms with E-state index in [0.29, 0.717) is 12.3 Å². The van der Waals surface area contributed by atoms with Crippen LogP contribution >= 0.6 is 0 Å². The van der Waals surface area contributed by atoms with Crippen LogP contribution < -0.4 is 5.73 Å². The summed E-state index contributed by atoms with van der Waals surface area (Å²) in [5.74, 6) is 0.800. The van der Waals surface area contributed by atoms with Crippen LogP contribution in [0.1, 0.15) is 40.5 Å². The molecule has 2 N–H and O–H groups in total. The summed E-state index contributed by atoms with van der Waals surface area (Å²) in [6, 6.07) is 0.155. The maximum atomic E-state index is 11.9. The van der Waals surface area contributed by atoms with Crippen molar-refractivity contribution in [2.45, 2.75) is 46.6 Å². The molecule has 0 spiro atoms. The fourth-order valence-corrected chi connectivity index (χ4v) is 1.89. The zero-order valence-electron chi connectivity index (χ0n) is 10.4. The molecular formula is C12H24N2O. The van der Waals surface area contributed by atoms with Crippen LogP contribution in [0, 0.1) is 11.3 Å². The van der Waals surface area contributed by atoms with Crippen molar-refractivity contribution in [2.75, 3.05) is 13.1 Å². The zero-order chi connectivity index (χ0) is 11.6. The highest BCUT2D eigenvalue weighted by atomic mass is 16.2. The van der Waals surface area contributed by atoms with Crippen molar-refractivity contribution in [1.29, 1.82) is 0 Å². The Morgan fingerprint density at radius 2 is 2.07 bits per heavy atom. The molecule has 0 radical (unpaired) electrons. The Labute approximate surface area is 93.0 Å². The molecule has 0 aromatic rings. The van der Waals surface area contributed by atoms with Gasteiger partial charge < -0.3 is 10.6 Å². The first kappa shape index (κ1) is 12.5. The smallest absolute Gasteiger partial charge is 0.223 e. The minimum Gasteiger partial charge on any atom is -0.341 e. The van der Waals surface area contributed by atoms with Gasteiger partial charge >= 0.3 is 0 Å². The molecule has 1 aliphatic rings. The third-order valence-corrected chi connectivity index (χ3v) is 3.05. The fraction of sp³-hybridized carbons (Fsp3) is 0.917. The molecule has 1 aliphatic heterocycles. The molecule has 1 fully saturated rings. The van der Waals surface area contributed by atoms with Crippen LogP contribution in [-0.4, -0.2) is 29.9 Å². The van der Waals surface area contributed by atoms with Gasteiger partial charge in [0.15, 0.2) is 0 Å². The molecule has 1 heterocycles. The molecule has 0 aromatic carbocycles. The van der Waals surface area contributed by atoms with Gasteiger partial charge in [-0.2, -0.15) is 0 Å². The number of nitrogens with two attached hydrogens (primary N) is 1. The number of likely N-dealkylation sites (tertiary alicyclic amines) is 1. The van der Waals surface area contributed by atoms with Gasteiger partial charge in [-0.15, -0.1) is 0 Å². The third-order valence-electron chi connectivity index (χ3n) is 3.05. The number of hydrogen-bond acceptors (Lipinski definition) is 2. The van der Waals surface area contributed by atoms with Gasteiger partial charge in [0.2, 0.25) is 5.91 Å². The Kier molecular flexibility index (Phi) is 3.77. The van der Waals surface area contributed by atoms with Crippen LogP contribution in [0.4, 0.5) is 0 Å². The Bertz CT molecular complexity index is 232. The number of carbonyl (C=O) groups is 1. The lowest BCUT2D eigenvalue weighted by molar-refractivity contribution is -0.134. The van der Waals surface area contributed by atoms with Gasteiger partial charge in [-0.3, -0.25) is 4.79 Å². The van der Waals surface area contributed by atoms with Crippen LogP contribution in [0.15, 0.2) is 0 Å². The molecule has 3 nitrogen and oxygen atoms in total. The van der Waals surface area contributed by atoms with Gasteiger partial charge in [0.1, 0.15) is 0 Å². The molecule has 0 aliphatic carbocycles. The van der Waals surface area contributed by atoms with Crippen molar-refractivity contribution in [3.63, 3.8) is 0 Å². The van der Waals surface area contributed by atoms with Gasteiger partial charge in [0.05, 0.1) is 0 Å². The fourth-order valence-electron chi connectivity index (χ4n) is 1.89. The standard InChI is InChI=1S/C12H24N2O/c1-9-5-6-14(8-10(9)13)11(15)7-12(2,3)4/h9-10H,5-8,13H2,1-4H3. The summed E-state index contributed by atoms with van der Waals surface area (Å²) in [7, 11) is 0. The molecule has 1 amide bonds. The van der Waals surface area contributed by atoms with E-state index >= 15 is 0 Å². The van der Waals surface area contributed by atoms with E-state index in [2.05, 4.69) is 27.7 Å². The summed E-state index contributed by atoms with van der Waals surface area (Å²) in [6.45, 7) is 10.1. The first-order chi connectivity index (χ1) is 6.79. The summed E-state index contributed by atoms with van der Waals surface area (Å²) in [6.07, 6.45) is 1.66. The monoisotopic (exact) mass is 212 g/mol. The topological polar surface area (TPSA) is 46.3 Å². The summed E-state index contributed by atoms with van der Waals surface area (Å²) >= 11 is 0. The van der Waals surface area contributed by atoms with Crippen LogP contribution in [0.5, 0.6) is 0 Å². The molecular weight excluding hydrogens is 188 g/mol. The number of amides is 1. The molecule has 0 aromatic heterocycles. The van der Waals surface area contributed by atoms with E-state index in [-0.39, 0.29) is 17.4 Å². The molecule has 0 bridgehead atoms. The van der Waals surface area contributed by atoms with E-state index in [1.807, 2.05) is 4.90 Å². The minimum absolute atomic E-state index is 0.0737. The van der Waals surface area contributed by atoms with Crippen LogP contribution in [-0.2, 0) is 4.79 Å². The Balaban J connectivity index is 2.48. The predicted molar refractivity (Wildman–Crippen MR) is 62.4 cm³/mol. The predicted octanol–water partition coefficient (Wildman–Crippen LogP) is 1.62. The number of hydrogen-bond donors (Lipinski definition) is 1. The summed E-state index contributed by atoms with van der Waals surface area (Å²) < 4.78 is 0. The zero-order valence-corrected chi connectivity index (χ0v) is 10.4. The second kappa shape index (κ2) is 4.52. The Hall–Kier alpha value is -0.570. The van der Waals surface area contributed by atoms with Crippen molar-refractivity contribution in [3.8, 4) is 0 Å². The Morgan fingerprint density at radius 3 is 2.53 bits per heavy atom. The number of rotatable bonds is 1. The highest BCUT2D eigenvalue weighted by molar-refractivity contribution is 5.77. The lowest BCUT2D eigenvalue weighted by atomic mass is 9.89. The van der Waals surface area contributed by atoms with E-state index < -0.39 is 0 Å². The minimum atomic E-state index is 0.0737. The molecule has 2 atom stereocenters. The van der Waals surface area contributed by atoms with E-state index in [9.17, 15) is 4.79 Å². The lowest BCUT2D eigenvalue weighted by Crippen LogP contribution is -2.50. The highest BCUT2D eigenvalue weighted by Crippen LogP contribution is 2.22. The van der Waals surface area contributed by atoms with Crippen molar-refractivity contribution in [3.05, 3.63) is 0 Å². The van der Waals surface area contributed by atoms with Gasteiger partial charge in [0.25, 0.3) is 0 Å². The van der Waals surface area contributed by atoms with E-state index in [0.717, 1.165) is 19.5 Å². The normalized spacial score (nSPS) is 27.9. The van der Waals surface area contributed by atoms with E-state index in [1.54, 1.807) is 0 Å². The number of nitrogens with zero attached hydrogens (tertiary/aromatic N) is 1. The lowest BCUT2D eigenvalue weighted by Gasteiger charge is -2.36. The maximum absolute atomic E-state index is 11.9. The van der Waals surface area contributed by atoms with Crippen molar-refractivity contribution in [1.82, 2.24) is 4.90 Å². The summed E-state index contributed by atoms with van der Waals surface area (Å²) in [4.78, 5) is 13.9. The average molecular weight is 212 g/mol. The van der Waals surface area contributed by atoms with E-state index in [1.165, 1.54) is 0 Å². The van der Waals surface area contributed by atoms with Gasteiger partial charge in [-0.25, -0.2) is 0 Å². The first-order valence-corrected chi connectivity index (χ1v) is 5.83.